The molecule has 0 N–H and O–H groups in total. The Labute approximate surface area is 121 Å². The summed E-state index contributed by atoms with van der Waals surface area (Å²) in [5.74, 6) is 1.05. The minimum absolute atomic E-state index is 0.365. The first-order valence-corrected chi connectivity index (χ1v) is 7.80. The lowest BCUT2D eigenvalue weighted by atomic mass is 9.60. The fourth-order valence-electron chi connectivity index (χ4n) is 4.19. The van der Waals surface area contributed by atoms with Crippen molar-refractivity contribution in [1.29, 1.82) is 0 Å². The average molecular weight is 275 g/mol. The van der Waals surface area contributed by atoms with Gasteiger partial charge in [0.2, 0.25) is 0 Å². The highest BCUT2D eigenvalue weighted by Gasteiger charge is 2.58. The molecule has 2 atom stereocenters. The number of aromatic nitrogens is 2. The molecule has 1 heterocycles. The molecular weight excluding hydrogens is 250 g/mol. The Morgan fingerprint density at radius 3 is 2.75 bits per heavy atom. The summed E-state index contributed by atoms with van der Waals surface area (Å²) < 4.78 is 6.00. The monoisotopic (exact) mass is 275 g/mol. The van der Waals surface area contributed by atoms with Crippen LogP contribution >= 0.6 is 0 Å². The third kappa shape index (κ3) is 2.10. The highest BCUT2D eigenvalue weighted by molar-refractivity contribution is 5.41. The molecule has 4 heteroatoms. The zero-order valence-corrected chi connectivity index (χ0v) is 12.8. The second-order valence-electron chi connectivity index (χ2n) is 6.26. The maximum atomic E-state index is 6.00. The van der Waals surface area contributed by atoms with Gasteiger partial charge in [0, 0.05) is 36.9 Å². The van der Waals surface area contributed by atoms with Gasteiger partial charge in [-0.2, -0.15) is 0 Å². The molecule has 110 valence electrons. The van der Waals surface area contributed by atoms with E-state index in [0.717, 1.165) is 24.5 Å². The Balaban J connectivity index is 1.80. The van der Waals surface area contributed by atoms with Crippen LogP contribution in [-0.4, -0.2) is 35.8 Å². The maximum Gasteiger partial charge on any atom is 0.132 e. The van der Waals surface area contributed by atoms with E-state index in [0.29, 0.717) is 17.6 Å². The van der Waals surface area contributed by atoms with Crippen LogP contribution in [0.15, 0.2) is 12.4 Å². The Morgan fingerprint density at radius 2 is 2.10 bits per heavy atom. The van der Waals surface area contributed by atoms with Crippen molar-refractivity contribution >= 4 is 5.82 Å². The summed E-state index contributed by atoms with van der Waals surface area (Å²) >= 11 is 0. The van der Waals surface area contributed by atoms with Crippen molar-refractivity contribution in [2.75, 3.05) is 18.6 Å². The Bertz CT molecular complexity index is 471. The molecule has 0 aromatic carbocycles. The number of rotatable bonds is 4. The molecule has 4 nitrogen and oxygen atoms in total. The first-order chi connectivity index (χ1) is 9.67. The van der Waals surface area contributed by atoms with Gasteiger partial charge in [0.05, 0.1) is 6.10 Å². The van der Waals surface area contributed by atoms with Crippen LogP contribution in [0, 0.1) is 12.3 Å². The summed E-state index contributed by atoms with van der Waals surface area (Å²) in [6, 6.07) is 2.65. The van der Waals surface area contributed by atoms with Crippen LogP contribution in [0.1, 0.15) is 44.7 Å². The van der Waals surface area contributed by atoms with Gasteiger partial charge in [-0.05, 0) is 33.1 Å². The van der Waals surface area contributed by atoms with E-state index in [4.69, 9.17) is 4.74 Å². The molecule has 1 aromatic heterocycles. The molecule has 2 aliphatic carbocycles. The molecular formula is C16H25N3O. The standard InChI is InChI=1S/C16H25N3O/c1-4-20-14-10-13(16(14)7-5-6-8-16)19(3)15-9-12(2)17-11-18-15/h9,11,13-14H,4-8,10H2,1-3H3. The molecule has 2 aliphatic rings. The summed E-state index contributed by atoms with van der Waals surface area (Å²) in [5, 5.41) is 0. The minimum Gasteiger partial charge on any atom is -0.378 e. The molecule has 20 heavy (non-hydrogen) atoms. The predicted molar refractivity (Wildman–Crippen MR) is 79.9 cm³/mol. The minimum atomic E-state index is 0.365. The van der Waals surface area contributed by atoms with E-state index < -0.39 is 0 Å². The van der Waals surface area contributed by atoms with E-state index in [-0.39, 0.29) is 0 Å². The molecule has 1 spiro atoms. The molecule has 1 aromatic rings. The van der Waals surface area contributed by atoms with Crippen molar-refractivity contribution < 1.29 is 4.74 Å². The van der Waals surface area contributed by atoms with Crippen molar-refractivity contribution in [3.8, 4) is 0 Å². The lowest BCUT2D eigenvalue weighted by Gasteiger charge is -2.57. The van der Waals surface area contributed by atoms with Crippen LogP contribution < -0.4 is 4.90 Å². The van der Waals surface area contributed by atoms with Gasteiger partial charge in [0.1, 0.15) is 12.1 Å². The number of anilines is 1. The highest BCUT2D eigenvalue weighted by Crippen LogP contribution is 2.56. The average Bonchev–Trinajstić information content (AvgIpc) is 2.95. The first kappa shape index (κ1) is 13.8. The van der Waals surface area contributed by atoms with Crippen LogP contribution in [0.5, 0.6) is 0 Å². The highest BCUT2D eigenvalue weighted by atomic mass is 16.5. The van der Waals surface area contributed by atoms with E-state index in [1.165, 1.54) is 25.7 Å². The van der Waals surface area contributed by atoms with Crippen LogP contribution in [-0.2, 0) is 4.74 Å². The Kier molecular flexibility index (Phi) is 3.67. The third-order valence-electron chi connectivity index (χ3n) is 5.26. The molecule has 2 saturated carbocycles. The molecule has 0 bridgehead atoms. The molecule has 2 fully saturated rings. The largest absolute Gasteiger partial charge is 0.378 e. The summed E-state index contributed by atoms with van der Waals surface area (Å²) in [6.45, 7) is 4.96. The van der Waals surface area contributed by atoms with Gasteiger partial charge >= 0.3 is 0 Å². The summed E-state index contributed by atoms with van der Waals surface area (Å²) in [7, 11) is 2.18. The third-order valence-corrected chi connectivity index (χ3v) is 5.26. The maximum absolute atomic E-state index is 6.00. The quantitative estimate of drug-likeness (QED) is 0.847. The summed E-state index contributed by atoms with van der Waals surface area (Å²) in [6.07, 6.45) is 8.54. The van der Waals surface area contributed by atoms with Crippen LogP contribution in [0.3, 0.4) is 0 Å². The topological polar surface area (TPSA) is 38.2 Å². The Hall–Kier alpha value is -1.16. The molecule has 2 unspecified atom stereocenters. The fourth-order valence-corrected chi connectivity index (χ4v) is 4.19. The summed E-state index contributed by atoms with van der Waals surface area (Å²) in [4.78, 5) is 11.0. The smallest absolute Gasteiger partial charge is 0.132 e. The number of nitrogens with zero attached hydrogens (tertiary/aromatic N) is 3. The number of hydrogen-bond acceptors (Lipinski definition) is 4. The number of ether oxygens (including phenoxy) is 1. The van der Waals surface area contributed by atoms with Gasteiger partial charge in [0.15, 0.2) is 0 Å². The van der Waals surface area contributed by atoms with Crippen molar-refractivity contribution in [2.45, 2.75) is 58.1 Å². The SMILES string of the molecule is CCOC1CC(N(C)c2cc(C)ncn2)C12CCCC2. The van der Waals surface area contributed by atoms with Crippen LogP contribution in [0.2, 0.25) is 0 Å². The van der Waals surface area contributed by atoms with Gasteiger partial charge in [-0.15, -0.1) is 0 Å². The Morgan fingerprint density at radius 1 is 1.35 bits per heavy atom. The van der Waals surface area contributed by atoms with E-state index in [1.807, 2.05) is 6.92 Å². The lowest BCUT2D eigenvalue weighted by Crippen LogP contribution is -2.63. The van der Waals surface area contributed by atoms with Gasteiger partial charge in [0.25, 0.3) is 0 Å². The molecule has 0 radical (unpaired) electrons. The molecule has 0 amide bonds. The second kappa shape index (κ2) is 5.32. The molecule has 0 aliphatic heterocycles. The van der Waals surface area contributed by atoms with E-state index in [2.05, 4.69) is 34.9 Å². The number of hydrogen-bond donors (Lipinski definition) is 0. The first-order valence-electron chi connectivity index (χ1n) is 7.80. The van der Waals surface area contributed by atoms with Gasteiger partial charge < -0.3 is 9.64 Å². The van der Waals surface area contributed by atoms with E-state index in [1.54, 1.807) is 6.33 Å². The van der Waals surface area contributed by atoms with E-state index >= 15 is 0 Å². The molecule has 0 saturated heterocycles. The second-order valence-corrected chi connectivity index (χ2v) is 6.26. The van der Waals surface area contributed by atoms with E-state index in [9.17, 15) is 0 Å². The zero-order valence-electron chi connectivity index (χ0n) is 12.8. The van der Waals surface area contributed by atoms with Gasteiger partial charge in [-0.3, -0.25) is 0 Å². The zero-order chi connectivity index (χ0) is 14.2. The van der Waals surface area contributed by atoms with Gasteiger partial charge in [-0.25, -0.2) is 9.97 Å². The number of aryl methyl sites for hydroxylation is 1. The van der Waals surface area contributed by atoms with Crippen molar-refractivity contribution in [2.24, 2.45) is 5.41 Å². The van der Waals surface area contributed by atoms with Crippen LogP contribution in [0.25, 0.3) is 0 Å². The predicted octanol–water partition coefficient (Wildman–Crippen LogP) is 2.96. The molecule has 3 rings (SSSR count). The van der Waals surface area contributed by atoms with Crippen molar-refractivity contribution in [3.05, 3.63) is 18.1 Å². The normalized spacial score (nSPS) is 27.6. The van der Waals surface area contributed by atoms with Crippen molar-refractivity contribution in [1.82, 2.24) is 9.97 Å². The van der Waals surface area contributed by atoms with Crippen LogP contribution in [0.4, 0.5) is 5.82 Å². The summed E-state index contributed by atoms with van der Waals surface area (Å²) in [5.41, 5.74) is 1.40. The fraction of sp³-hybridized carbons (Fsp3) is 0.750. The van der Waals surface area contributed by atoms with Crippen molar-refractivity contribution in [3.63, 3.8) is 0 Å². The van der Waals surface area contributed by atoms with Gasteiger partial charge in [-0.1, -0.05) is 12.8 Å². The lowest BCUT2D eigenvalue weighted by molar-refractivity contribution is -0.121.